The number of aryl methyl sites for hydroxylation is 1. The summed E-state index contributed by atoms with van der Waals surface area (Å²) in [6.07, 6.45) is -3.79. The molecule has 0 aliphatic carbocycles. The topological polar surface area (TPSA) is 67.2 Å². The van der Waals surface area contributed by atoms with Crippen LogP contribution < -0.4 is 10.7 Å². The lowest BCUT2D eigenvalue weighted by molar-refractivity contribution is -0.137. The summed E-state index contributed by atoms with van der Waals surface area (Å²) in [5.41, 5.74) is -0.145. The number of alkyl halides is 3. The van der Waals surface area contributed by atoms with Gasteiger partial charge in [-0.25, -0.2) is 4.68 Å². The molecule has 2 aromatic carbocycles. The highest BCUT2D eigenvalue weighted by molar-refractivity contribution is 5.92. The van der Waals surface area contributed by atoms with Gasteiger partial charge >= 0.3 is 6.18 Å². The van der Waals surface area contributed by atoms with Gasteiger partial charge in [-0.1, -0.05) is 36.4 Å². The van der Waals surface area contributed by atoms with Crippen molar-refractivity contribution in [2.45, 2.75) is 32.1 Å². The zero-order valence-corrected chi connectivity index (χ0v) is 18.0. The molecule has 0 bridgehead atoms. The number of carbonyl (C=O) groups is 1. The molecule has 0 unspecified atom stereocenters. The standard InChI is InChI=1S/C24H23F3N4O2/c1-16-12-21(32)22(29-31(16)20-9-5-8-18(13-20)24(25,26)27)23(33)28-19-10-11-30(15-19)14-17-6-3-2-4-7-17/h2-9,12-13,19H,10-11,14-15H2,1H3,(H,28,33)/t19-/m0/s1. The number of carbonyl (C=O) groups excluding carboxylic acids is 1. The molecular weight excluding hydrogens is 433 g/mol. The lowest BCUT2D eigenvalue weighted by atomic mass is 10.2. The normalized spacial score (nSPS) is 16.7. The Balaban J connectivity index is 1.50. The molecule has 1 fully saturated rings. The summed E-state index contributed by atoms with van der Waals surface area (Å²) in [4.78, 5) is 27.5. The first-order chi connectivity index (χ1) is 15.7. The first kappa shape index (κ1) is 22.7. The smallest absolute Gasteiger partial charge is 0.346 e. The van der Waals surface area contributed by atoms with Crippen LogP contribution in [0.4, 0.5) is 13.2 Å². The lowest BCUT2D eigenvalue weighted by Crippen LogP contribution is -2.40. The maximum Gasteiger partial charge on any atom is 0.416 e. The molecule has 1 amide bonds. The van der Waals surface area contributed by atoms with E-state index in [4.69, 9.17) is 0 Å². The van der Waals surface area contributed by atoms with Crippen molar-refractivity contribution in [2.75, 3.05) is 13.1 Å². The average molecular weight is 456 g/mol. The van der Waals surface area contributed by atoms with Crippen LogP contribution in [0.15, 0.2) is 65.5 Å². The van der Waals surface area contributed by atoms with Gasteiger partial charge < -0.3 is 5.32 Å². The number of nitrogens with zero attached hydrogens (tertiary/aromatic N) is 3. The molecular formula is C24H23F3N4O2. The number of amides is 1. The van der Waals surface area contributed by atoms with Gasteiger partial charge in [-0.3, -0.25) is 14.5 Å². The number of aromatic nitrogens is 2. The minimum atomic E-state index is -4.52. The Morgan fingerprint density at radius 3 is 2.61 bits per heavy atom. The number of halogens is 3. The Labute approximate surface area is 188 Å². The number of hydrogen-bond donors (Lipinski definition) is 1. The maximum absolute atomic E-state index is 13.1. The minimum absolute atomic E-state index is 0.117. The van der Waals surface area contributed by atoms with Crippen molar-refractivity contribution >= 4 is 5.91 Å². The van der Waals surface area contributed by atoms with E-state index in [1.807, 2.05) is 30.3 Å². The maximum atomic E-state index is 13.1. The SMILES string of the molecule is Cc1cc(=O)c(C(=O)N[C@H]2CCN(Cc3ccccc3)C2)nn1-c1cccc(C(F)(F)F)c1. The van der Waals surface area contributed by atoms with E-state index in [9.17, 15) is 22.8 Å². The molecule has 2 heterocycles. The van der Waals surface area contributed by atoms with E-state index < -0.39 is 23.1 Å². The molecule has 0 radical (unpaired) electrons. The molecule has 0 saturated carbocycles. The van der Waals surface area contributed by atoms with Gasteiger partial charge in [0.15, 0.2) is 5.69 Å². The van der Waals surface area contributed by atoms with Crippen molar-refractivity contribution in [2.24, 2.45) is 0 Å². The number of nitrogens with one attached hydrogen (secondary N) is 1. The van der Waals surface area contributed by atoms with Crippen LogP contribution in [0, 0.1) is 6.92 Å². The highest BCUT2D eigenvalue weighted by Crippen LogP contribution is 2.30. The van der Waals surface area contributed by atoms with Crippen molar-refractivity contribution in [1.82, 2.24) is 20.0 Å². The first-order valence-corrected chi connectivity index (χ1v) is 10.6. The zero-order valence-electron chi connectivity index (χ0n) is 18.0. The monoisotopic (exact) mass is 456 g/mol. The Bertz CT molecular complexity index is 1210. The molecule has 33 heavy (non-hydrogen) atoms. The largest absolute Gasteiger partial charge is 0.416 e. The number of rotatable bonds is 5. The van der Waals surface area contributed by atoms with E-state index in [1.165, 1.54) is 28.4 Å². The summed E-state index contributed by atoms with van der Waals surface area (Å²) in [7, 11) is 0. The summed E-state index contributed by atoms with van der Waals surface area (Å²) in [5.74, 6) is -0.632. The van der Waals surface area contributed by atoms with E-state index in [0.29, 0.717) is 12.2 Å². The van der Waals surface area contributed by atoms with Crippen LogP contribution in [-0.2, 0) is 12.7 Å². The molecule has 1 atom stereocenters. The van der Waals surface area contributed by atoms with Gasteiger partial charge in [0.1, 0.15) is 0 Å². The van der Waals surface area contributed by atoms with E-state index in [0.717, 1.165) is 31.6 Å². The molecule has 3 aromatic rings. The second-order valence-electron chi connectivity index (χ2n) is 8.14. The van der Waals surface area contributed by atoms with Gasteiger partial charge in [0.05, 0.1) is 11.3 Å². The van der Waals surface area contributed by atoms with Gasteiger partial charge in [0, 0.05) is 37.4 Å². The van der Waals surface area contributed by atoms with Crippen molar-refractivity contribution < 1.29 is 18.0 Å². The summed E-state index contributed by atoms with van der Waals surface area (Å²) >= 11 is 0. The van der Waals surface area contributed by atoms with Gasteiger partial charge in [-0.15, -0.1) is 0 Å². The van der Waals surface area contributed by atoms with Gasteiger partial charge in [0.25, 0.3) is 5.91 Å². The fourth-order valence-corrected chi connectivity index (χ4v) is 3.97. The molecule has 1 saturated heterocycles. The lowest BCUT2D eigenvalue weighted by Gasteiger charge is -2.17. The van der Waals surface area contributed by atoms with Gasteiger partial charge in [0.2, 0.25) is 5.43 Å². The number of benzene rings is 2. The van der Waals surface area contributed by atoms with E-state index in [1.54, 1.807) is 6.92 Å². The van der Waals surface area contributed by atoms with Crippen LogP contribution in [0.2, 0.25) is 0 Å². The van der Waals surface area contributed by atoms with Crippen LogP contribution in [0.1, 0.15) is 33.7 Å². The van der Waals surface area contributed by atoms with E-state index >= 15 is 0 Å². The third-order valence-corrected chi connectivity index (χ3v) is 5.60. The summed E-state index contributed by atoms with van der Waals surface area (Å²) < 4.78 is 40.5. The first-order valence-electron chi connectivity index (χ1n) is 10.6. The van der Waals surface area contributed by atoms with Crippen molar-refractivity contribution in [1.29, 1.82) is 0 Å². The van der Waals surface area contributed by atoms with E-state index in [2.05, 4.69) is 15.3 Å². The van der Waals surface area contributed by atoms with Crippen LogP contribution in [0.3, 0.4) is 0 Å². The second kappa shape index (κ2) is 9.19. The van der Waals surface area contributed by atoms with E-state index in [-0.39, 0.29) is 17.4 Å². The van der Waals surface area contributed by atoms with Gasteiger partial charge in [-0.05, 0) is 37.1 Å². The molecule has 1 aliphatic rings. The highest BCUT2D eigenvalue weighted by atomic mass is 19.4. The average Bonchev–Trinajstić information content (AvgIpc) is 3.20. The van der Waals surface area contributed by atoms with Crippen LogP contribution in [-0.4, -0.2) is 39.7 Å². The summed E-state index contributed by atoms with van der Waals surface area (Å²) in [6, 6.07) is 15.6. The Morgan fingerprint density at radius 2 is 1.88 bits per heavy atom. The van der Waals surface area contributed by atoms with Crippen LogP contribution in [0.25, 0.3) is 5.69 Å². The van der Waals surface area contributed by atoms with Crippen LogP contribution >= 0.6 is 0 Å². The Morgan fingerprint density at radius 1 is 1.12 bits per heavy atom. The predicted octanol–water partition coefficient (Wildman–Crippen LogP) is 3.56. The zero-order chi connectivity index (χ0) is 23.6. The van der Waals surface area contributed by atoms with Crippen molar-refractivity contribution in [3.05, 3.63) is 93.4 Å². The van der Waals surface area contributed by atoms with Gasteiger partial charge in [-0.2, -0.15) is 18.3 Å². The number of hydrogen-bond acceptors (Lipinski definition) is 4. The quantitative estimate of drug-likeness (QED) is 0.638. The van der Waals surface area contributed by atoms with Crippen molar-refractivity contribution in [3.8, 4) is 5.69 Å². The molecule has 1 N–H and O–H groups in total. The third kappa shape index (κ3) is 5.31. The molecule has 6 nitrogen and oxygen atoms in total. The molecule has 0 spiro atoms. The summed E-state index contributed by atoms with van der Waals surface area (Å²) in [6.45, 7) is 3.75. The minimum Gasteiger partial charge on any atom is -0.346 e. The molecule has 1 aliphatic heterocycles. The molecule has 172 valence electrons. The number of likely N-dealkylation sites (tertiary alicyclic amines) is 1. The van der Waals surface area contributed by atoms with Crippen molar-refractivity contribution in [3.63, 3.8) is 0 Å². The molecule has 4 rings (SSSR count). The predicted molar refractivity (Wildman–Crippen MR) is 117 cm³/mol. The second-order valence-corrected chi connectivity index (χ2v) is 8.14. The molecule has 9 heteroatoms. The summed E-state index contributed by atoms with van der Waals surface area (Å²) in [5, 5.41) is 6.95. The highest BCUT2D eigenvalue weighted by Gasteiger charge is 2.31. The fraction of sp³-hybridized carbons (Fsp3) is 0.292. The molecule has 1 aromatic heterocycles. The Kier molecular flexibility index (Phi) is 6.33. The van der Waals surface area contributed by atoms with Crippen LogP contribution in [0.5, 0.6) is 0 Å². The third-order valence-electron chi connectivity index (χ3n) is 5.60. The Hall–Kier alpha value is -3.46. The fourth-order valence-electron chi connectivity index (χ4n) is 3.97.